The number of amides is 2. The van der Waals surface area contributed by atoms with Crippen molar-refractivity contribution in [2.45, 2.75) is 18.9 Å². The van der Waals surface area contributed by atoms with Gasteiger partial charge in [0.15, 0.2) is 10.3 Å². The summed E-state index contributed by atoms with van der Waals surface area (Å²) in [4.78, 5) is 25.6. The van der Waals surface area contributed by atoms with Crippen molar-refractivity contribution in [3.63, 3.8) is 0 Å². The molecule has 1 aromatic heterocycles. The SMILES string of the molecule is CNC(=O)C1CCCN1C(=O)c1cc(Cl)nnc1Cl. The molecule has 1 fully saturated rings. The lowest BCUT2D eigenvalue weighted by Gasteiger charge is -2.23. The zero-order chi connectivity index (χ0) is 14.0. The average Bonchev–Trinajstić information content (AvgIpc) is 2.89. The second kappa shape index (κ2) is 5.71. The molecule has 8 heteroatoms. The first-order valence-corrected chi connectivity index (χ1v) is 6.51. The maximum absolute atomic E-state index is 12.4. The zero-order valence-electron chi connectivity index (χ0n) is 10.2. The summed E-state index contributed by atoms with van der Waals surface area (Å²) in [7, 11) is 1.54. The van der Waals surface area contributed by atoms with E-state index >= 15 is 0 Å². The van der Waals surface area contributed by atoms with Gasteiger partial charge in [0.05, 0.1) is 5.56 Å². The third-order valence-corrected chi connectivity index (χ3v) is 3.48. The fourth-order valence-electron chi connectivity index (χ4n) is 2.11. The summed E-state index contributed by atoms with van der Waals surface area (Å²) < 4.78 is 0. The zero-order valence-corrected chi connectivity index (χ0v) is 11.7. The predicted octanol–water partition coefficient (Wildman–Crippen LogP) is 1.13. The van der Waals surface area contributed by atoms with Crippen molar-refractivity contribution in [1.82, 2.24) is 20.4 Å². The molecule has 1 N–H and O–H groups in total. The third-order valence-electron chi connectivity index (χ3n) is 3.01. The van der Waals surface area contributed by atoms with Gasteiger partial charge in [-0.1, -0.05) is 23.2 Å². The number of nitrogens with one attached hydrogen (secondary N) is 1. The summed E-state index contributed by atoms with van der Waals surface area (Å²) in [6, 6.07) is 0.888. The molecule has 1 aliphatic heterocycles. The number of hydrogen-bond donors (Lipinski definition) is 1. The summed E-state index contributed by atoms with van der Waals surface area (Å²) in [5.74, 6) is -0.539. The molecule has 0 aliphatic carbocycles. The summed E-state index contributed by atoms with van der Waals surface area (Å²) in [5, 5.41) is 9.77. The van der Waals surface area contributed by atoms with Gasteiger partial charge in [0.2, 0.25) is 5.91 Å². The molecule has 2 rings (SSSR count). The molecule has 1 saturated heterocycles. The summed E-state index contributed by atoms with van der Waals surface area (Å²) >= 11 is 11.6. The molecular formula is C11H12Cl2N4O2. The van der Waals surface area contributed by atoms with Crippen LogP contribution in [0.25, 0.3) is 0 Å². The first-order chi connectivity index (χ1) is 9.04. The van der Waals surface area contributed by atoms with Gasteiger partial charge in [-0.3, -0.25) is 9.59 Å². The Bertz CT molecular complexity index is 523. The van der Waals surface area contributed by atoms with Crippen molar-refractivity contribution in [3.05, 3.63) is 21.9 Å². The Morgan fingerprint density at radius 2 is 2.16 bits per heavy atom. The minimum absolute atomic E-state index is 0.0167. The van der Waals surface area contributed by atoms with Gasteiger partial charge in [-0.15, -0.1) is 10.2 Å². The molecule has 102 valence electrons. The van der Waals surface area contributed by atoms with Gasteiger partial charge in [0, 0.05) is 13.6 Å². The van der Waals surface area contributed by atoms with Crippen molar-refractivity contribution in [2.24, 2.45) is 0 Å². The van der Waals surface area contributed by atoms with Crippen LogP contribution in [0.1, 0.15) is 23.2 Å². The molecule has 1 atom stereocenters. The highest BCUT2D eigenvalue weighted by molar-refractivity contribution is 6.34. The number of halogens is 2. The standard InChI is InChI=1S/C11H12Cl2N4O2/c1-14-10(18)7-3-2-4-17(7)11(19)6-5-8(12)15-16-9(6)13/h5,7H,2-4H2,1H3,(H,14,18). The molecule has 1 unspecified atom stereocenters. The maximum atomic E-state index is 12.4. The molecule has 19 heavy (non-hydrogen) atoms. The summed E-state index contributed by atoms with van der Waals surface area (Å²) in [5.41, 5.74) is 0.164. The maximum Gasteiger partial charge on any atom is 0.257 e. The molecule has 0 aromatic carbocycles. The fraction of sp³-hybridized carbons (Fsp3) is 0.455. The lowest BCUT2D eigenvalue weighted by atomic mass is 10.2. The van der Waals surface area contributed by atoms with Crippen LogP contribution in [0.2, 0.25) is 10.3 Å². The smallest absolute Gasteiger partial charge is 0.257 e. The summed E-state index contributed by atoms with van der Waals surface area (Å²) in [6.45, 7) is 0.507. The van der Waals surface area contributed by atoms with Crippen molar-refractivity contribution >= 4 is 35.0 Å². The Balaban J connectivity index is 2.28. The Morgan fingerprint density at radius 1 is 1.42 bits per heavy atom. The van der Waals surface area contributed by atoms with E-state index in [4.69, 9.17) is 23.2 Å². The number of likely N-dealkylation sites (N-methyl/N-ethyl adjacent to an activating group) is 1. The van der Waals surface area contributed by atoms with Gasteiger partial charge in [-0.25, -0.2) is 0 Å². The number of carbonyl (C=O) groups is 2. The van der Waals surface area contributed by atoms with Gasteiger partial charge in [0.1, 0.15) is 6.04 Å². The van der Waals surface area contributed by atoms with Crippen LogP contribution in [0.15, 0.2) is 6.07 Å². The Kier molecular flexibility index (Phi) is 4.21. The Morgan fingerprint density at radius 3 is 2.84 bits per heavy atom. The second-order valence-electron chi connectivity index (χ2n) is 4.14. The summed E-state index contributed by atoms with van der Waals surface area (Å²) in [6.07, 6.45) is 1.41. The van der Waals surface area contributed by atoms with Crippen LogP contribution >= 0.6 is 23.2 Å². The van der Waals surface area contributed by atoms with E-state index in [1.165, 1.54) is 11.0 Å². The molecule has 0 bridgehead atoms. The molecule has 6 nitrogen and oxygen atoms in total. The highest BCUT2D eigenvalue weighted by Gasteiger charge is 2.35. The van der Waals surface area contributed by atoms with Crippen LogP contribution in [-0.4, -0.2) is 46.5 Å². The normalized spacial score (nSPS) is 18.5. The topological polar surface area (TPSA) is 75.2 Å². The number of nitrogens with zero attached hydrogens (tertiary/aromatic N) is 3. The molecule has 0 radical (unpaired) electrons. The van der Waals surface area contributed by atoms with Crippen LogP contribution in [0.5, 0.6) is 0 Å². The van der Waals surface area contributed by atoms with Gasteiger partial charge >= 0.3 is 0 Å². The van der Waals surface area contributed by atoms with Gasteiger partial charge in [0.25, 0.3) is 5.91 Å². The third kappa shape index (κ3) is 2.79. The van der Waals surface area contributed by atoms with Crippen LogP contribution in [0.4, 0.5) is 0 Å². The first kappa shape index (κ1) is 14.0. The van der Waals surface area contributed by atoms with E-state index < -0.39 is 6.04 Å². The molecule has 2 heterocycles. The number of hydrogen-bond acceptors (Lipinski definition) is 4. The predicted molar refractivity (Wildman–Crippen MR) is 70.2 cm³/mol. The molecule has 1 aromatic rings. The van der Waals surface area contributed by atoms with Crippen LogP contribution in [0.3, 0.4) is 0 Å². The lowest BCUT2D eigenvalue weighted by Crippen LogP contribution is -2.45. The number of likely N-dealkylation sites (tertiary alicyclic amines) is 1. The van der Waals surface area contributed by atoms with Gasteiger partial charge < -0.3 is 10.2 Å². The second-order valence-corrected chi connectivity index (χ2v) is 4.89. The quantitative estimate of drug-likeness (QED) is 0.889. The minimum atomic E-state index is -0.472. The first-order valence-electron chi connectivity index (χ1n) is 5.76. The fourth-order valence-corrected chi connectivity index (χ4v) is 2.43. The molecule has 1 aliphatic rings. The molecular weight excluding hydrogens is 291 g/mol. The van der Waals surface area contributed by atoms with Crippen molar-refractivity contribution in [3.8, 4) is 0 Å². The van der Waals surface area contributed by atoms with E-state index in [1.54, 1.807) is 7.05 Å². The van der Waals surface area contributed by atoms with E-state index in [2.05, 4.69) is 15.5 Å². The van der Waals surface area contributed by atoms with Gasteiger partial charge in [-0.2, -0.15) is 0 Å². The van der Waals surface area contributed by atoms with Crippen LogP contribution in [0, 0.1) is 0 Å². The highest BCUT2D eigenvalue weighted by Crippen LogP contribution is 2.23. The number of aromatic nitrogens is 2. The van der Waals surface area contributed by atoms with E-state index in [9.17, 15) is 9.59 Å². The van der Waals surface area contributed by atoms with Crippen molar-refractivity contribution in [2.75, 3.05) is 13.6 Å². The highest BCUT2D eigenvalue weighted by atomic mass is 35.5. The van der Waals surface area contributed by atoms with E-state index in [0.29, 0.717) is 13.0 Å². The van der Waals surface area contributed by atoms with Crippen LogP contribution in [-0.2, 0) is 4.79 Å². The van der Waals surface area contributed by atoms with Crippen molar-refractivity contribution < 1.29 is 9.59 Å². The number of carbonyl (C=O) groups excluding carboxylic acids is 2. The molecule has 2 amide bonds. The number of rotatable bonds is 2. The Labute approximate surface area is 120 Å². The van der Waals surface area contributed by atoms with E-state index in [-0.39, 0.29) is 27.7 Å². The largest absolute Gasteiger partial charge is 0.357 e. The molecule has 0 spiro atoms. The van der Waals surface area contributed by atoms with E-state index in [0.717, 1.165) is 6.42 Å². The molecule has 0 saturated carbocycles. The average molecular weight is 303 g/mol. The van der Waals surface area contributed by atoms with Gasteiger partial charge in [-0.05, 0) is 18.9 Å². The lowest BCUT2D eigenvalue weighted by molar-refractivity contribution is -0.124. The minimum Gasteiger partial charge on any atom is -0.357 e. The van der Waals surface area contributed by atoms with Crippen molar-refractivity contribution in [1.29, 1.82) is 0 Å². The monoisotopic (exact) mass is 302 g/mol. The van der Waals surface area contributed by atoms with Crippen LogP contribution < -0.4 is 5.32 Å². The Hall–Kier alpha value is -1.40. The van der Waals surface area contributed by atoms with E-state index in [1.807, 2.05) is 0 Å².